The van der Waals surface area contributed by atoms with Crippen molar-refractivity contribution in [2.75, 3.05) is 0 Å². The van der Waals surface area contributed by atoms with Gasteiger partial charge in [-0.3, -0.25) is 18.7 Å². The number of rotatable bonds is 6. The Balaban J connectivity index is 2.63. The smallest absolute Gasteiger partial charge is 0.331 e. The van der Waals surface area contributed by atoms with E-state index >= 15 is 0 Å². The molecular weight excluding hydrogens is 236 g/mol. The lowest BCUT2D eigenvalue weighted by Gasteiger charge is -2.03. The Bertz CT molecular complexity index is 482. The molecular formula is C11H14N4O3. The second-order valence-electron chi connectivity index (χ2n) is 3.33. The summed E-state index contributed by atoms with van der Waals surface area (Å²) in [5, 5.41) is 4.94. The molecule has 18 heavy (non-hydrogen) atoms. The summed E-state index contributed by atoms with van der Waals surface area (Å²) in [6.07, 6.45) is 5.25. The standard InChI is InChI=1S/C11H14N4O3/c1-3-9(16)12-7-14-5-6-15(11(14)18)8-13-10(17)4-2/h3-6H,1-2,7-8H2,(H,12,16)(H,13,17). The maximum Gasteiger partial charge on any atom is 0.331 e. The first-order valence-electron chi connectivity index (χ1n) is 5.14. The first-order valence-corrected chi connectivity index (χ1v) is 5.14. The number of carbonyl (C=O) groups is 2. The zero-order valence-corrected chi connectivity index (χ0v) is 9.76. The third-order valence-electron chi connectivity index (χ3n) is 2.14. The molecule has 0 spiro atoms. The Kier molecular flexibility index (Phi) is 4.67. The fraction of sp³-hybridized carbons (Fsp3) is 0.182. The molecule has 0 saturated heterocycles. The molecule has 0 radical (unpaired) electrons. The van der Waals surface area contributed by atoms with Crippen LogP contribution in [-0.2, 0) is 22.9 Å². The van der Waals surface area contributed by atoms with Crippen molar-refractivity contribution < 1.29 is 9.59 Å². The van der Waals surface area contributed by atoms with Crippen molar-refractivity contribution in [1.82, 2.24) is 19.8 Å². The summed E-state index contributed by atoms with van der Waals surface area (Å²) in [5.41, 5.74) is -0.344. The molecule has 1 aromatic rings. The second-order valence-corrected chi connectivity index (χ2v) is 3.33. The summed E-state index contributed by atoms with van der Waals surface area (Å²) in [7, 11) is 0. The lowest BCUT2D eigenvalue weighted by Crippen LogP contribution is -2.35. The van der Waals surface area contributed by atoms with Crippen LogP contribution in [0.15, 0.2) is 42.5 Å². The Hall–Kier alpha value is -2.57. The van der Waals surface area contributed by atoms with Crippen LogP contribution in [0, 0.1) is 0 Å². The van der Waals surface area contributed by atoms with E-state index in [0.29, 0.717) is 0 Å². The highest BCUT2D eigenvalue weighted by molar-refractivity contribution is 5.86. The predicted molar refractivity (Wildman–Crippen MR) is 65.4 cm³/mol. The molecule has 1 rings (SSSR count). The highest BCUT2D eigenvalue weighted by Gasteiger charge is 2.04. The molecule has 2 N–H and O–H groups in total. The van der Waals surface area contributed by atoms with E-state index in [2.05, 4.69) is 23.8 Å². The molecule has 0 atom stereocenters. The molecule has 2 amide bonds. The molecule has 0 fully saturated rings. The zero-order chi connectivity index (χ0) is 13.5. The molecule has 0 unspecified atom stereocenters. The van der Waals surface area contributed by atoms with Gasteiger partial charge in [0.25, 0.3) is 0 Å². The average Bonchev–Trinajstić information content (AvgIpc) is 2.74. The van der Waals surface area contributed by atoms with E-state index in [-0.39, 0.29) is 30.8 Å². The Labute approximate surface area is 103 Å². The van der Waals surface area contributed by atoms with Gasteiger partial charge in [0.2, 0.25) is 11.8 Å². The van der Waals surface area contributed by atoms with Crippen molar-refractivity contribution in [3.05, 3.63) is 48.2 Å². The van der Waals surface area contributed by atoms with Gasteiger partial charge >= 0.3 is 5.69 Å². The van der Waals surface area contributed by atoms with Gasteiger partial charge in [0.05, 0.1) is 13.3 Å². The number of imidazole rings is 1. The number of hydrogen-bond donors (Lipinski definition) is 2. The SMILES string of the molecule is C=CC(=O)NCn1ccn(CNC(=O)C=C)c1=O. The zero-order valence-electron chi connectivity index (χ0n) is 9.76. The van der Waals surface area contributed by atoms with Gasteiger partial charge in [-0.25, -0.2) is 4.79 Å². The first-order chi connectivity index (χ1) is 8.58. The Morgan fingerprint density at radius 3 is 1.78 bits per heavy atom. The molecule has 0 bridgehead atoms. The van der Waals surface area contributed by atoms with E-state index in [1.165, 1.54) is 21.5 Å². The minimum atomic E-state index is -0.366. The quantitative estimate of drug-likeness (QED) is 0.646. The van der Waals surface area contributed by atoms with E-state index in [4.69, 9.17) is 0 Å². The second kappa shape index (κ2) is 6.24. The van der Waals surface area contributed by atoms with Crippen LogP contribution in [0.4, 0.5) is 0 Å². The summed E-state index contributed by atoms with van der Waals surface area (Å²) in [6, 6.07) is 0. The average molecular weight is 250 g/mol. The normalized spacial score (nSPS) is 9.56. The first kappa shape index (κ1) is 13.5. The van der Waals surface area contributed by atoms with Crippen LogP contribution in [-0.4, -0.2) is 20.9 Å². The lowest BCUT2D eigenvalue weighted by molar-refractivity contribution is -0.117. The maximum atomic E-state index is 11.7. The minimum absolute atomic E-state index is 0.0477. The van der Waals surface area contributed by atoms with Gasteiger partial charge in [0.1, 0.15) is 0 Å². The number of hydrogen-bond acceptors (Lipinski definition) is 3. The monoisotopic (exact) mass is 250 g/mol. The Morgan fingerprint density at radius 1 is 1.06 bits per heavy atom. The number of nitrogens with zero attached hydrogens (tertiary/aromatic N) is 2. The lowest BCUT2D eigenvalue weighted by atomic mass is 10.6. The third-order valence-corrected chi connectivity index (χ3v) is 2.14. The van der Waals surface area contributed by atoms with Crippen LogP contribution >= 0.6 is 0 Å². The molecule has 0 aliphatic heterocycles. The fourth-order valence-electron chi connectivity index (χ4n) is 1.16. The number of amides is 2. The third kappa shape index (κ3) is 3.48. The van der Waals surface area contributed by atoms with Crippen molar-refractivity contribution >= 4 is 11.8 Å². The Morgan fingerprint density at radius 2 is 1.44 bits per heavy atom. The molecule has 0 aromatic carbocycles. The summed E-state index contributed by atoms with van der Waals surface area (Å²) in [6.45, 7) is 6.69. The van der Waals surface area contributed by atoms with Crippen molar-refractivity contribution in [1.29, 1.82) is 0 Å². The van der Waals surface area contributed by atoms with Crippen LogP contribution in [0.2, 0.25) is 0 Å². The van der Waals surface area contributed by atoms with Gasteiger partial charge in [-0.15, -0.1) is 0 Å². The summed E-state index contributed by atoms with van der Waals surface area (Å²) < 4.78 is 2.59. The molecule has 1 heterocycles. The number of carbonyl (C=O) groups excluding carboxylic acids is 2. The molecule has 0 aliphatic carbocycles. The molecule has 96 valence electrons. The molecule has 7 heteroatoms. The molecule has 7 nitrogen and oxygen atoms in total. The fourth-order valence-corrected chi connectivity index (χ4v) is 1.16. The van der Waals surface area contributed by atoms with Crippen LogP contribution in [0.5, 0.6) is 0 Å². The van der Waals surface area contributed by atoms with Crippen molar-refractivity contribution in [2.24, 2.45) is 0 Å². The minimum Gasteiger partial charge on any atom is -0.335 e. The van der Waals surface area contributed by atoms with Crippen molar-refractivity contribution in [3.8, 4) is 0 Å². The van der Waals surface area contributed by atoms with Crippen LogP contribution < -0.4 is 16.3 Å². The summed E-state index contributed by atoms with van der Waals surface area (Å²) >= 11 is 0. The van der Waals surface area contributed by atoms with Gasteiger partial charge in [-0.05, 0) is 12.2 Å². The maximum absolute atomic E-state index is 11.7. The topological polar surface area (TPSA) is 85.1 Å². The van der Waals surface area contributed by atoms with Crippen LogP contribution in [0.25, 0.3) is 0 Å². The van der Waals surface area contributed by atoms with Crippen LogP contribution in [0.3, 0.4) is 0 Å². The van der Waals surface area contributed by atoms with E-state index < -0.39 is 0 Å². The van der Waals surface area contributed by atoms with E-state index in [1.54, 1.807) is 0 Å². The largest absolute Gasteiger partial charge is 0.335 e. The van der Waals surface area contributed by atoms with Crippen LogP contribution in [0.1, 0.15) is 0 Å². The van der Waals surface area contributed by atoms with Gasteiger partial charge < -0.3 is 10.6 Å². The predicted octanol–water partition coefficient (Wildman–Crippen LogP) is -0.831. The molecule has 0 saturated carbocycles. The number of nitrogens with one attached hydrogen (secondary N) is 2. The summed E-state index contributed by atoms with van der Waals surface area (Å²) in [5.74, 6) is -0.732. The van der Waals surface area contributed by atoms with Gasteiger partial charge in [0.15, 0.2) is 0 Å². The molecule has 1 aromatic heterocycles. The van der Waals surface area contributed by atoms with Crippen molar-refractivity contribution in [3.63, 3.8) is 0 Å². The highest BCUT2D eigenvalue weighted by Crippen LogP contribution is 1.83. The van der Waals surface area contributed by atoms with E-state index in [1.807, 2.05) is 0 Å². The van der Waals surface area contributed by atoms with Gasteiger partial charge in [0, 0.05) is 12.4 Å². The highest BCUT2D eigenvalue weighted by atomic mass is 16.2. The summed E-state index contributed by atoms with van der Waals surface area (Å²) in [4.78, 5) is 33.6. The molecule has 0 aliphatic rings. The number of aromatic nitrogens is 2. The van der Waals surface area contributed by atoms with E-state index in [0.717, 1.165) is 12.2 Å². The van der Waals surface area contributed by atoms with E-state index in [9.17, 15) is 14.4 Å². The van der Waals surface area contributed by atoms with Crippen molar-refractivity contribution in [2.45, 2.75) is 13.3 Å². The van der Waals surface area contributed by atoms with Gasteiger partial charge in [-0.1, -0.05) is 13.2 Å². The van der Waals surface area contributed by atoms with Gasteiger partial charge in [-0.2, -0.15) is 0 Å².